The molecule has 1 aliphatic rings. The fraction of sp³-hybridized carbons (Fsp3) is 0.105. The Kier molecular flexibility index (Phi) is 4.32. The first kappa shape index (κ1) is 13.8. The van der Waals surface area contributed by atoms with Crippen LogP contribution < -0.4 is 0 Å². The molecule has 0 saturated carbocycles. The summed E-state index contributed by atoms with van der Waals surface area (Å²) in [6, 6.07) is 20.6. The highest BCUT2D eigenvalue weighted by Crippen LogP contribution is 2.27. The molecule has 0 spiro atoms. The first-order chi connectivity index (χ1) is 10.3. The third-order valence-electron chi connectivity index (χ3n) is 3.43. The molecule has 0 atom stereocenters. The van der Waals surface area contributed by atoms with Crippen molar-refractivity contribution < 1.29 is 0 Å². The van der Waals surface area contributed by atoms with Crippen molar-refractivity contribution in [1.82, 2.24) is 0 Å². The third-order valence-corrected chi connectivity index (χ3v) is 3.70. The van der Waals surface area contributed by atoms with Gasteiger partial charge in [-0.3, -0.25) is 0 Å². The SMILES string of the molecule is ClC1=N/C(c2ccccc2)=C\C(c2ccccc2)=C/CC1. The monoisotopic (exact) mass is 293 g/mol. The van der Waals surface area contributed by atoms with E-state index in [1.165, 1.54) is 11.1 Å². The number of aliphatic imine (C=N–C) groups is 1. The molecule has 0 aromatic heterocycles. The highest BCUT2D eigenvalue weighted by atomic mass is 35.5. The molecule has 3 rings (SSSR count). The van der Waals surface area contributed by atoms with Gasteiger partial charge in [-0.15, -0.1) is 0 Å². The summed E-state index contributed by atoms with van der Waals surface area (Å²) in [6.45, 7) is 0. The largest absolute Gasteiger partial charge is 0.241 e. The molecule has 0 fully saturated rings. The second-order valence-corrected chi connectivity index (χ2v) is 5.38. The summed E-state index contributed by atoms with van der Waals surface area (Å²) in [7, 11) is 0. The summed E-state index contributed by atoms with van der Waals surface area (Å²) in [5, 5.41) is 0.661. The lowest BCUT2D eigenvalue weighted by molar-refractivity contribution is 1.11. The maximum absolute atomic E-state index is 6.21. The molecule has 2 aromatic carbocycles. The maximum atomic E-state index is 6.21. The average Bonchev–Trinajstić information content (AvgIpc) is 2.52. The molecule has 1 aliphatic heterocycles. The van der Waals surface area contributed by atoms with Gasteiger partial charge in [0.25, 0.3) is 0 Å². The number of nitrogens with zero attached hydrogens (tertiary/aromatic N) is 1. The van der Waals surface area contributed by atoms with Gasteiger partial charge in [0.05, 0.1) is 5.70 Å². The highest BCUT2D eigenvalue weighted by Gasteiger charge is 2.08. The van der Waals surface area contributed by atoms with Crippen molar-refractivity contribution in [3.05, 3.63) is 83.9 Å². The molecular formula is C19H16ClN. The van der Waals surface area contributed by atoms with E-state index in [4.69, 9.17) is 11.6 Å². The minimum absolute atomic E-state index is 0.661. The number of halogens is 1. The van der Waals surface area contributed by atoms with Crippen LogP contribution in [0.3, 0.4) is 0 Å². The Labute approximate surface area is 130 Å². The van der Waals surface area contributed by atoms with Gasteiger partial charge in [-0.1, -0.05) is 78.3 Å². The standard InChI is InChI=1S/C19H16ClN/c20-19-13-7-12-17(15-8-3-1-4-9-15)14-18(21-19)16-10-5-2-6-11-16/h1-6,8-12,14H,7,13H2/b17-12+,18-14-,21-19?. The van der Waals surface area contributed by atoms with Crippen molar-refractivity contribution in [3.63, 3.8) is 0 Å². The molecular weight excluding hydrogens is 278 g/mol. The Bertz CT molecular complexity index is 697. The Morgan fingerprint density at radius 1 is 0.810 bits per heavy atom. The number of hydrogen-bond donors (Lipinski definition) is 0. The molecule has 0 N–H and O–H groups in total. The molecule has 0 unspecified atom stereocenters. The molecule has 0 bridgehead atoms. The summed E-state index contributed by atoms with van der Waals surface area (Å²) in [5.74, 6) is 0. The predicted molar refractivity (Wildman–Crippen MR) is 91.4 cm³/mol. The maximum Gasteiger partial charge on any atom is 0.107 e. The Morgan fingerprint density at radius 3 is 2.10 bits per heavy atom. The second kappa shape index (κ2) is 6.55. The van der Waals surface area contributed by atoms with Gasteiger partial charge < -0.3 is 0 Å². The van der Waals surface area contributed by atoms with Crippen LogP contribution in [0.4, 0.5) is 0 Å². The van der Waals surface area contributed by atoms with Crippen molar-refractivity contribution in [3.8, 4) is 0 Å². The van der Waals surface area contributed by atoms with Crippen LogP contribution in [-0.4, -0.2) is 5.17 Å². The van der Waals surface area contributed by atoms with E-state index >= 15 is 0 Å². The first-order valence-electron chi connectivity index (χ1n) is 7.09. The van der Waals surface area contributed by atoms with Gasteiger partial charge in [0.2, 0.25) is 0 Å². The summed E-state index contributed by atoms with van der Waals surface area (Å²) < 4.78 is 0. The summed E-state index contributed by atoms with van der Waals surface area (Å²) in [4.78, 5) is 4.58. The van der Waals surface area contributed by atoms with Gasteiger partial charge in [-0.05, 0) is 23.6 Å². The molecule has 2 aromatic rings. The highest BCUT2D eigenvalue weighted by molar-refractivity contribution is 6.65. The van der Waals surface area contributed by atoms with Crippen molar-refractivity contribution in [2.45, 2.75) is 12.8 Å². The molecule has 0 radical (unpaired) electrons. The van der Waals surface area contributed by atoms with Crippen LogP contribution in [0.2, 0.25) is 0 Å². The molecule has 0 saturated heterocycles. The molecule has 104 valence electrons. The Balaban J connectivity index is 2.07. The van der Waals surface area contributed by atoms with Crippen molar-refractivity contribution in [2.24, 2.45) is 4.99 Å². The number of hydrogen-bond acceptors (Lipinski definition) is 1. The quantitative estimate of drug-likeness (QED) is 0.689. The Morgan fingerprint density at radius 2 is 1.43 bits per heavy atom. The first-order valence-corrected chi connectivity index (χ1v) is 7.46. The van der Waals surface area contributed by atoms with Crippen LogP contribution in [-0.2, 0) is 0 Å². The zero-order valence-electron chi connectivity index (χ0n) is 11.7. The van der Waals surface area contributed by atoms with Gasteiger partial charge >= 0.3 is 0 Å². The van der Waals surface area contributed by atoms with Crippen LogP contribution in [0, 0.1) is 0 Å². The topological polar surface area (TPSA) is 12.4 Å². The van der Waals surface area contributed by atoms with E-state index in [1.54, 1.807) is 0 Å². The van der Waals surface area contributed by atoms with E-state index in [-0.39, 0.29) is 0 Å². The number of allylic oxidation sites excluding steroid dienone is 3. The van der Waals surface area contributed by atoms with Crippen LogP contribution in [0.15, 0.2) is 77.8 Å². The van der Waals surface area contributed by atoms with E-state index in [0.29, 0.717) is 5.17 Å². The third kappa shape index (κ3) is 3.50. The predicted octanol–water partition coefficient (Wildman–Crippen LogP) is 5.54. The van der Waals surface area contributed by atoms with Crippen LogP contribution in [0.25, 0.3) is 11.3 Å². The summed E-state index contributed by atoms with van der Waals surface area (Å²) >= 11 is 6.21. The van der Waals surface area contributed by atoms with Crippen LogP contribution in [0.5, 0.6) is 0 Å². The lowest BCUT2D eigenvalue weighted by atomic mass is 10.0. The van der Waals surface area contributed by atoms with Gasteiger partial charge in [-0.25, -0.2) is 4.99 Å². The summed E-state index contributed by atoms with van der Waals surface area (Å²) in [6.07, 6.45) is 6.04. The minimum atomic E-state index is 0.661. The minimum Gasteiger partial charge on any atom is -0.241 e. The second-order valence-electron chi connectivity index (χ2n) is 4.95. The zero-order chi connectivity index (χ0) is 14.5. The van der Waals surface area contributed by atoms with Crippen LogP contribution >= 0.6 is 11.6 Å². The molecule has 0 aliphatic carbocycles. The van der Waals surface area contributed by atoms with Crippen molar-refractivity contribution >= 4 is 28.0 Å². The van der Waals surface area contributed by atoms with E-state index in [1.807, 2.05) is 24.3 Å². The van der Waals surface area contributed by atoms with Gasteiger partial charge in [-0.2, -0.15) is 0 Å². The summed E-state index contributed by atoms with van der Waals surface area (Å²) in [5.41, 5.74) is 4.40. The van der Waals surface area contributed by atoms with Crippen molar-refractivity contribution in [2.75, 3.05) is 0 Å². The molecule has 1 heterocycles. The van der Waals surface area contributed by atoms with Crippen molar-refractivity contribution in [1.29, 1.82) is 0 Å². The number of benzene rings is 2. The van der Waals surface area contributed by atoms with Crippen LogP contribution in [0.1, 0.15) is 24.0 Å². The molecule has 2 heteroatoms. The van der Waals surface area contributed by atoms with Gasteiger partial charge in [0, 0.05) is 12.0 Å². The zero-order valence-corrected chi connectivity index (χ0v) is 12.4. The lowest BCUT2D eigenvalue weighted by Gasteiger charge is -2.10. The molecule has 21 heavy (non-hydrogen) atoms. The Hall–Kier alpha value is -2.12. The van der Waals surface area contributed by atoms with E-state index < -0.39 is 0 Å². The van der Waals surface area contributed by atoms with Gasteiger partial charge in [0.1, 0.15) is 5.17 Å². The smallest absolute Gasteiger partial charge is 0.107 e. The van der Waals surface area contributed by atoms with E-state index in [2.05, 4.69) is 53.5 Å². The molecule has 0 amide bonds. The van der Waals surface area contributed by atoms with E-state index in [9.17, 15) is 0 Å². The molecule has 1 nitrogen and oxygen atoms in total. The van der Waals surface area contributed by atoms with Gasteiger partial charge in [0.15, 0.2) is 0 Å². The fourth-order valence-electron chi connectivity index (χ4n) is 2.36. The average molecular weight is 294 g/mol. The fourth-order valence-corrected chi connectivity index (χ4v) is 2.56. The number of rotatable bonds is 2. The normalized spacial score (nSPS) is 20.3. The van der Waals surface area contributed by atoms with E-state index in [0.717, 1.165) is 24.1 Å². The lowest BCUT2D eigenvalue weighted by Crippen LogP contribution is -1.94.